The highest BCUT2D eigenvalue weighted by molar-refractivity contribution is 6.23. The Morgan fingerprint density at radius 2 is 1.64 bits per heavy atom. The molecule has 0 fully saturated rings. The molecular weight excluding hydrogens is 442 g/mol. The van der Waals surface area contributed by atoms with Crippen molar-refractivity contribution in [2.75, 3.05) is 0 Å². The molecule has 1 heterocycles. The number of carbonyl (C=O) groups is 2. The second-order valence-corrected chi connectivity index (χ2v) is 9.06. The van der Waals surface area contributed by atoms with E-state index >= 15 is 0 Å². The monoisotopic (exact) mass is 475 g/mol. The van der Waals surface area contributed by atoms with Gasteiger partial charge in [0.05, 0.1) is 5.69 Å². The summed E-state index contributed by atoms with van der Waals surface area (Å²) in [5, 5.41) is 0.950. The smallest absolute Gasteiger partial charge is 0.162 e. The van der Waals surface area contributed by atoms with E-state index in [0.717, 1.165) is 47.0 Å². The van der Waals surface area contributed by atoms with E-state index in [1.807, 2.05) is 73.7 Å². The van der Waals surface area contributed by atoms with E-state index in [-0.39, 0.29) is 11.6 Å². The van der Waals surface area contributed by atoms with Gasteiger partial charge in [-0.3, -0.25) is 9.59 Å². The van der Waals surface area contributed by atoms with Crippen LogP contribution in [-0.2, 0) is 17.6 Å². The number of H-pyrrole nitrogens is 1. The highest BCUT2D eigenvalue weighted by Crippen LogP contribution is 2.37. The molecule has 0 saturated heterocycles. The topological polar surface area (TPSA) is 49.9 Å². The molecule has 4 aromatic rings. The zero-order chi connectivity index (χ0) is 25.5. The number of Topliss-reactive ketones (excluding diaryl/α,β-unsaturated/α-hetero) is 2. The molecule has 0 saturated carbocycles. The number of aryl methyl sites for hydroxylation is 2. The van der Waals surface area contributed by atoms with Crippen molar-refractivity contribution in [1.29, 1.82) is 0 Å². The average molecular weight is 476 g/mol. The number of rotatable bonds is 10. The largest absolute Gasteiger partial charge is 0.354 e. The molecule has 36 heavy (non-hydrogen) atoms. The molecule has 0 aliphatic heterocycles. The van der Waals surface area contributed by atoms with Crippen molar-refractivity contribution in [3.8, 4) is 11.1 Å². The van der Waals surface area contributed by atoms with Gasteiger partial charge in [0.15, 0.2) is 11.6 Å². The first-order chi connectivity index (χ1) is 17.5. The number of allylic oxidation sites excluding steroid dienone is 4. The summed E-state index contributed by atoms with van der Waals surface area (Å²) in [6.07, 6.45) is 8.86. The van der Waals surface area contributed by atoms with Gasteiger partial charge in [-0.2, -0.15) is 0 Å². The third-order valence-corrected chi connectivity index (χ3v) is 6.64. The number of hydrogen-bond donors (Lipinski definition) is 1. The molecule has 0 spiro atoms. The van der Waals surface area contributed by atoms with Gasteiger partial charge in [-0.15, -0.1) is 0 Å². The second-order valence-electron chi connectivity index (χ2n) is 9.06. The number of hydrogen-bond acceptors (Lipinski definition) is 2. The van der Waals surface area contributed by atoms with Crippen molar-refractivity contribution >= 4 is 28.0 Å². The molecule has 0 amide bonds. The van der Waals surface area contributed by atoms with E-state index in [1.165, 1.54) is 11.1 Å². The predicted octanol–water partition coefficient (Wildman–Crippen LogP) is 8.15. The molecule has 0 aliphatic rings. The third kappa shape index (κ3) is 5.46. The number of ketones is 2. The third-order valence-electron chi connectivity index (χ3n) is 6.64. The summed E-state index contributed by atoms with van der Waals surface area (Å²) in [5.41, 5.74) is 7.64. The van der Waals surface area contributed by atoms with Gasteiger partial charge in [-0.1, -0.05) is 73.7 Å². The fourth-order valence-corrected chi connectivity index (χ4v) is 4.77. The lowest BCUT2D eigenvalue weighted by Gasteiger charge is -2.08. The van der Waals surface area contributed by atoms with Gasteiger partial charge < -0.3 is 4.98 Å². The maximum absolute atomic E-state index is 13.2. The maximum Gasteiger partial charge on any atom is 0.162 e. The van der Waals surface area contributed by atoms with Crippen LogP contribution in [0.5, 0.6) is 0 Å². The van der Waals surface area contributed by atoms with Crippen LogP contribution in [0.4, 0.5) is 0 Å². The molecule has 0 atom stereocenters. The standard InChI is InChI=1S/C33H33NO2/c1-4-6-18-28(23(3)35)33-32(26-15-8-7-9-16-26)29-22-27(20-21-30(29)34-33)31(36)19-12-17-25-14-11-10-13-24(25)5-2/h4,6-11,13-16,18,20-22,34H,5,12,17,19H2,1-3H3. The van der Waals surface area contributed by atoms with Crippen LogP contribution < -0.4 is 0 Å². The number of carbonyl (C=O) groups excluding carboxylic acids is 2. The molecule has 0 unspecified atom stereocenters. The first-order valence-corrected chi connectivity index (χ1v) is 12.7. The van der Waals surface area contributed by atoms with Gasteiger partial charge >= 0.3 is 0 Å². The first-order valence-electron chi connectivity index (χ1n) is 12.7. The van der Waals surface area contributed by atoms with E-state index in [0.29, 0.717) is 17.6 Å². The normalized spacial score (nSPS) is 11.9. The Morgan fingerprint density at radius 3 is 2.33 bits per heavy atom. The van der Waals surface area contributed by atoms with Gasteiger partial charge in [0.25, 0.3) is 0 Å². The highest BCUT2D eigenvalue weighted by Gasteiger charge is 2.20. The van der Waals surface area contributed by atoms with Crippen LogP contribution in [0.25, 0.3) is 27.6 Å². The van der Waals surface area contributed by atoms with Crippen molar-refractivity contribution in [3.63, 3.8) is 0 Å². The van der Waals surface area contributed by atoms with Crippen LogP contribution in [0.15, 0.2) is 91.0 Å². The molecule has 182 valence electrons. The zero-order valence-corrected chi connectivity index (χ0v) is 21.3. The summed E-state index contributed by atoms with van der Waals surface area (Å²) in [6, 6.07) is 24.3. The molecule has 3 heteroatoms. The van der Waals surface area contributed by atoms with Crippen LogP contribution in [-0.4, -0.2) is 16.6 Å². The van der Waals surface area contributed by atoms with E-state index in [2.05, 4.69) is 36.2 Å². The van der Waals surface area contributed by atoms with E-state index in [4.69, 9.17) is 0 Å². The van der Waals surface area contributed by atoms with Crippen molar-refractivity contribution in [2.45, 2.75) is 46.5 Å². The summed E-state index contributed by atoms with van der Waals surface area (Å²) >= 11 is 0. The minimum absolute atomic E-state index is 0.0134. The van der Waals surface area contributed by atoms with E-state index < -0.39 is 0 Å². The van der Waals surface area contributed by atoms with Crippen molar-refractivity contribution < 1.29 is 9.59 Å². The lowest BCUT2D eigenvalue weighted by Crippen LogP contribution is -2.01. The van der Waals surface area contributed by atoms with Crippen molar-refractivity contribution in [2.24, 2.45) is 0 Å². The predicted molar refractivity (Wildman–Crippen MR) is 150 cm³/mol. The second kappa shape index (κ2) is 11.6. The SMILES string of the molecule is CC=CC=C(C(C)=O)c1[nH]c2ccc(C(=O)CCCc3ccccc3CC)cc2c1-c1ccccc1. The van der Waals surface area contributed by atoms with Crippen molar-refractivity contribution in [3.05, 3.63) is 113 Å². The Bertz CT molecular complexity index is 1440. The van der Waals surface area contributed by atoms with Crippen molar-refractivity contribution in [1.82, 2.24) is 4.98 Å². The highest BCUT2D eigenvalue weighted by atomic mass is 16.1. The molecule has 0 aliphatic carbocycles. The van der Waals surface area contributed by atoms with Crippen LogP contribution >= 0.6 is 0 Å². The fraction of sp³-hybridized carbons (Fsp3) is 0.212. The first kappa shape index (κ1) is 25.1. The lowest BCUT2D eigenvalue weighted by atomic mass is 9.94. The number of aromatic amines is 1. The maximum atomic E-state index is 13.2. The van der Waals surface area contributed by atoms with E-state index in [1.54, 1.807) is 6.92 Å². The summed E-state index contributed by atoms with van der Waals surface area (Å²) in [4.78, 5) is 29.2. The van der Waals surface area contributed by atoms with Gasteiger partial charge in [0, 0.05) is 34.0 Å². The Morgan fingerprint density at radius 1 is 0.917 bits per heavy atom. The van der Waals surface area contributed by atoms with Gasteiger partial charge in [-0.25, -0.2) is 0 Å². The minimum Gasteiger partial charge on any atom is -0.354 e. The molecular formula is C33H33NO2. The molecule has 4 rings (SSSR count). The Kier molecular flexibility index (Phi) is 8.12. The summed E-state index contributed by atoms with van der Waals surface area (Å²) in [5.74, 6) is 0.129. The number of nitrogens with one attached hydrogen (secondary N) is 1. The molecule has 1 aromatic heterocycles. The number of aromatic nitrogens is 1. The average Bonchev–Trinajstić information content (AvgIpc) is 3.27. The quantitative estimate of drug-likeness (QED) is 0.143. The Labute approximate surface area is 213 Å². The van der Waals surface area contributed by atoms with Gasteiger partial charge in [0.1, 0.15) is 0 Å². The molecule has 0 radical (unpaired) electrons. The van der Waals surface area contributed by atoms with Crippen LogP contribution in [0.2, 0.25) is 0 Å². The molecule has 3 nitrogen and oxygen atoms in total. The molecule has 3 aromatic carbocycles. The summed E-state index contributed by atoms with van der Waals surface area (Å²) in [6.45, 7) is 5.68. The minimum atomic E-state index is -0.0134. The number of benzene rings is 3. The van der Waals surface area contributed by atoms with Crippen LogP contribution in [0, 0.1) is 0 Å². The summed E-state index contributed by atoms with van der Waals surface area (Å²) in [7, 11) is 0. The molecule has 1 N–H and O–H groups in total. The van der Waals surface area contributed by atoms with Gasteiger partial charge in [0.2, 0.25) is 0 Å². The summed E-state index contributed by atoms with van der Waals surface area (Å²) < 4.78 is 0. The zero-order valence-electron chi connectivity index (χ0n) is 21.3. The van der Waals surface area contributed by atoms with Gasteiger partial charge in [-0.05, 0) is 74.1 Å². The van der Waals surface area contributed by atoms with Crippen LogP contribution in [0.1, 0.15) is 60.8 Å². The van der Waals surface area contributed by atoms with E-state index in [9.17, 15) is 9.59 Å². The Balaban J connectivity index is 1.69. The fourth-order valence-electron chi connectivity index (χ4n) is 4.77. The lowest BCUT2D eigenvalue weighted by molar-refractivity contribution is -0.111. The number of fused-ring (bicyclic) bond motifs is 1. The van der Waals surface area contributed by atoms with Crippen LogP contribution in [0.3, 0.4) is 0 Å². The Hall–Kier alpha value is -3.98. The molecule has 0 bridgehead atoms.